The lowest BCUT2D eigenvalue weighted by Crippen LogP contribution is -2.58. The van der Waals surface area contributed by atoms with Crippen LogP contribution in [0.1, 0.15) is 6.42 Å². The molecule has 0 aliphatic carbocycles. The number of aliphatic imine (C=N–C) groups is 1. The Morgan fingerprint density at radius 1 is 1.30 bits per heavy atom. The van der Waals surface area contributed by atoms with E-state index in [0.717, 1.165) is 13.0 Å². The summed E-state index contributed by atoms with van der Waals surface area (Å²) in [5.41, 5.74) is 0.401. The quantitative estimate of drug-likeness (QED) is 0.309. The van der Waals surface area contributed by atoms with E-state index in [2.05, 4.69) is 10.3 Å². The van der Waals surface area contributed by atoms with Crippen LogP contribution in [0.5, 0.6) is 11.5 Å². The van der Waals surface area contributed by atoms with Gasteiger partial charge in [-0.15, -0.1) is 0 Å². The number of rotatable bonds is 8. The molecular weight excluding hydrogens is 368 g/mol. The van der Waals surface area contributed by atoms with Gasteiger partial charge in [0.05, 0.1) is 19.9 Å². The molecule has 0 spiro atoms. The zero-order valence-corrected chi connectivity index (χ0v) is 16.7. The van der Waals surface area contributed by atoms with Gasteiger partial charge in [-0.05, 0) is 51.4 Å². The third-order valence-corrected chi connectivity index (χ3v) is 4.26. The summed E-state index contributed by atoms with van der Waals surface area (Å²) in [5, 5.41) is 2.55. The van der Waals surface area contributed by atoms with Crippen LogP contribution < -0.4 is 19.7 Å². The first-order valence-electron chi connectivity index (χ1n) is 8.44. The van der Waals surface area contributed by atoms with Crippen LogP contribution in [0.15, 0.2) is 23.2 Å². The summed E-state index contributed by atoms with van der Waals surface area (Å²) in [6.45, 7) is 1.40. The van der Waals surface area contributed by atoms with Crippen molar-refractivity contribution in [1.82, 2.24) is 10.2 Å². The number of carbonyl (C=O) groups excluding carboxylic acids is 2. The minimum Gasteiger partial charge on any atom is -0.497 e. The Morgan fingerprint density at radius 3 is 2.67 bits per heavy atom. The molecule has 27 heavy (non-hydrogen) atoms. The van der Waals surface area contributed by atoms with E-state index in [0.29, 0.717) is 23.7 Å². The fourth-order valence-electron chi connectivity index (χ4n) is 2.58. The lowest BCUT2D eigenvalue weighted by Gasteiger charge is -2.31. The van der Waals surface area contributed by atoms with Crippen molar-refractivity contribution in [2.24, 2.45) is 10.9 Å². The Bertz CT molecular complexity index is 751. The van der Waals surface area contributed by atoms with Gasteiger partial charge in [-0.1, -0.05) is 0 Å². The second-order valence-corrected chi connectivity index (χ2v) is 6.58. The van der Waals surface area contributed by atoms with Crippen molar-refractivity contribution in [2.75, 3.05) is 46.3 Å². The fourth-order valence-corrected chi connectivity index (χ4v) is 2.87. The molecule has 1 saturated heterocycles. The molecule has 9 heteroatoms. The third kappa shape index (κ3) is 5.01. The van der Waals surface area contributed by atoms with Crippen molar-refractivity contribution in [2.45, 2.75) is 6.42 Å². The number of methoxy groups -OCH3 is 2. The van der Waals surface area contributed by atoms with Gasteiger partial charge >= 0.3 is 0 Å². The highest BCUT2D eigenvalue weighted by Crippen LogP contribution is 2.34. The first kappa shape index (κ1) is 20.8. The van der Waals surface area contributed by atoms with E-state index in [-0.39, 0.29) is 5.11 Å². The van der Waals surface area contributed by atoms with Crippen LogP contribution in [0, 0.1) is 5.92 Å². The highest BCUT2D eigenvalue weighted by Gasteiger charge is 2.39. The Morgan fingerprint density at radius 2 is 2.04 bits per heavy atom. The summed E-state index contributed by atoms with van der Waals surface area (Å²) in [4.78, 5) is 32.7. The predicted molar refractivity (Wildman–Crippen MR) is 108 cm³/mol. The number of nitrogens with zero attached hydrogens (tertiary/aromatic N) is 3. The molecular formula is C18H24N4O4S. The number of hydrogen-bond acceptors (Lipinski definition) is 7. The smallest absolute Gasteiger partial charge is 0.251 e. The summed E-state index contributed by atoms with van der Waals surface area (Å²) in [7, 11) is 6.96. The largest absolute Gasteiger partial charge is 0.497 e. The number of benzene rings is 1. The van der Waals surface area contributed by atoms with Crippen LogP contribution in [0.2, 0.25) is 0 Å². The van der Waals surface area contributed by atoms with Crippen LogP contribution in [0.25, 0.3) is 0 Å². The van der Waals surface area contributed by atoms with Crippen LogP contribution in [-0.2, 0) is 9.59 Å². The fraction of sp³-hybridized carbons (Fsp3) is 0.444. The first-order chi connectivity index (χ1) is 12.9. The standard InChI is InChI=1S/C18H24N4O4S/c1-21(2)9-5-8-19-11-13-16(23)20-18(27)22(17(13)24)14-10-12(25-3)6-7-15(14)26-4/h6-7,10-11,13H,5,8-9H2,1-4H3,(H,20,23,27). The molecule has 1 aliphatic rings. The Kier molecular flexibility index (Phi) is 7.26. The zero-order chi connectivity index (χ0) is 20.0. The SMILES string of the molecule is COc1ccc(OC)c(N2C(=O)C(C=NCCCN(C)C)C(=O)NC2=S)c1. The Labute approximate surface area is 164 Å². The molecule has 1 aromatic rings. The zero-order valence-electron chi connectivity index (χ0n) is 15.9. The lowest BCUT2D eigenvalue weighted by atomic mass is 10.1. The van der Waals surface area contributed by atoms with Crippen LogP contribution >= 0.6 is 12.2 Å². The van der Waals surface area contributed by atoms with Gasteiger partial charge in [-0.25, -0.2) is 0 Å². The van der Waals surface area contributed by atoms with E-state index in [4.69, 9.17) is 21.7 Å². The molecule has 0 bridgehead atoms. The van der Waals surface area contributed by atoms with Gasteiger partial charge in [0.2, 0.25) is 5.91 Å². The monoisotopic (exact) mass is 392 g/mol. The maximum absolute atomic E-state index is 13.0. The topological polar surface area (TPSA) is 83.5 Å². The highest BCUT2D eigenvalue weighted by molar-refractivity contribution is 7.80. The van der Waals surface area contributed by atoms with E-state index in [1.165, 1.54) is 25.3 Å². The van der Waals surface area contributed by atoms with Gasteiger partial charge in [-0.3, -0.25) is 19.5 Å². The highest BCUT2D eigenvalue weighted by atomic mass is 32.1. The summed E-state index contributed by atoms with van der Waals surface area (Å²) in [5.74, 6) is -1.05. The number of carbonyl (C=O) groups is 2. The van der Waals surface area contributed by atoms with E-state index < -0.39 is 17.7 Å². The second-order valence-electron chi connectivity index (χ2n) is 6.20. The summed E-state index contributed by atoms with van der Waals surface area (Å²) in [6, 6.07) is 5.01. The number of nitrogens with one attached hydrogen (secondary N) is 1. The summed E-state index contributed by atoms with van der Waals surface area (Å²) >= 11 is 5.21. The molecule has 146 valence electrons. The van der Waals surface area contributed by atoms with Gasteiger partial charge in [0.1, 0.15) is 11.5 Å². The maximum atomic E-state index is 13.0. The van der Waals surface area contributed by atoms with Crippen LogP contribution in [0.3, 0.4) is 0 Å². The van der Waals surface area contributed by atoms with Crippen LogP contribution in [0.4, 0.5) is 5.69 Å². The lowest BCUT2D eigenvalue weighted by molar-refractivity contribution is -0.130. The molecule has 1 aromatic carbocycles. The van der Waals surface area contributed by atoms with E-state index >= 15 is 0 Å². The molecule has 2 rings (SSSR count). The van der Waals surface area contributed by atoms with Gasteiger partial charge < -0.3 is 19.7 Å². The Hall–Kier alpha value is -2.52. The average molecular weight is 392 g/mol. The first-order valence-corrected chi connectivity index (χ1v) is 8.85. The summed E-state index contributed by atoms with van der Waals surface area (Å²) in [6.07, 6.45) is 2.21. The van der Waals surface area contributed by atoms with Crippen molar-refractivity contribution < 1.29 is 19.1 Å². The minimum atomic E-state index is -1.05. The second kappa shape index (κ2) is 9.43. The molecule has 1 atom stereocenters. The molecule has 0 aromatic heterocycles. The van der Waals surface area contributed by atoms with E-state index in [9.17, 15) is 9.59 Å². The molecule has 1 heterocycles. The van der Waals surface area contributed by atoms with Gasteiger partial charge in [-0.2, -0.15) is 0 Å². The average Bonchev–Trinajstić information content (AvgIpc) is 2.63. The molecule has 1 fully saturated rings. The number of ether oxygens (including phenoxy) is 2. The maximum Gasteiger partial charge on any atom is 0.251 e. The molecule has 1 unspecified atom stereocenters. The molecule has 1 aliphatic heterocycles. The molecule has 2 amide bonds. The molecule has 8 nitrogen and oxygen atoms in total. The van der Waals surface area contributed by atoms with Gasteiger partial charge in [0.15, 0.2) is 11.0 Å². The van der Waals surface area contributed by atoms with Crippen molar-refractivity contribution in [3.8, 4) is 11.5 Å². The van der Waals surface area contributed by atoms with Crippen molar-refractivity contribution in [1.29, 1.82) is 0 Å². The third-order valence-electron chi connectivity index (χ3n) is 3.98. The van der Waals surface area contributed by atoms with Crippen LogP contribution in [-0.4, -0.2) is 69.4 Å². The predicted octanol–water partition coefficient (Wildman–Crippen LogP) is 1.09. The van der Waals surface area contributed by atoms with Crippen molar-refractivity contribution in [3.63, 3.8) is 0 Å². The van der Waals surface area contributed by atoms with Gasteiger partial charge in [0.25, 0.3) is 5.91 Å². The molecule has 0 saturated carbocycles. The molecule has 1 N–H and O–H groups in total. The van der Waals surface area contributed by atoms with Crippen molar-refractivity contribution >= 4 is 41.0 Å². The molecule has 0 radical (unpaired) electrons. The van der Waals surface area contributed by atoms with E-state index in [1.54, 1.807) is 18.2 Å². The van der Waals surface area contributed by atoms with Gasteiger partial charge in [0, 0.05) is 18.8 Å². The number of amides is 2. The van der Waals surface area contributed by atoms with Crippen molar-refractivity contribution in [3.05, 3.63) is 18.2 Å². The minimum absolute atomic E-state index is 0.00573. The number of hydrogen-bond donors (Lipinski definition) is 1. The van der Waals surface area contributed by atoms with E-state index in [1.807, 2.05) is 19.0 Å². The number of thiocarbonyl (C=S) groups is 1. The summed E-state index contributed by atoms with van der Waals surface area (Å²) < 4.78 is 10.6. The Balaban J connectivity index is 2.25. The number of anilines is 1. The normalized spacial score (nSPS) is 17.6.